The molecule has 2 aliphatic heterocycles. The Morgan fingerprint density at radius 1 is 1.03 bits per heavy atom. The van der Waals surface area contributed by atoms with Gasteiger partial charge in [-0.15, -0.1) is 0 Å². The van der Waals surface area contributed by atoms with Crippen LogP contribution in [0.2, 0.25) is 0 Å². The van der Waals surface area contributed by atoms with Crippen LogP contribution in [0, 0.1) is 11.6 Å². The van der Waals surface area contributed by atoms with E-state index in [9.17, 15) is 8.78 Å². The van der Waals surface area contributed by atoms with Crippen LogP contribution in [0.3, 0.4) is 0 Å². The molecule has 0 radical (unpaired) electrons. The number of rotatable bonds is 5. The Bertz CT molecular complexity index is 1060. The normalized spacial score (nSPS) is 20.2. The second-order valence-corrected chi connectivity index (χ2v) is 8.53. The number of benzene rings is 1. The summed E-state index contributed by atoms with van der Waals surface area (Å²) in [6.45, 7) is 5.32. The Balaban J connectivity index is 1.28. The third-order valence-electron chi connectivity index (χ3n) is 6.29. The molecule has 0 aliphatic carbocycles. The van der Waals surface area contributed by atoms with E-state index in [1.165, 1.54) is 12.1 Å². The summed E-state index contributed by atoms with van der Waals surface area (Å²) in [7, 11) is 2.13. The number of hydrogen-bond acceptors (Lipinski definition) is 7. The van der Waals surface area contributed by atoms with Crippen molar-refractivity contribution in [3.05, 3.63) is 59.6 Å². The molecule has 2 saturated heterocycles. The van der Waals surface area contributed by atoms with Gasteiger partial charge in [0.2, 0.25) is 11.7 Å². The summed E-state index contributed by atoms with van der Waals surface area (Å²) in [4.78, 5) is 16.0. The van der Waals surface area contributed by atoms with Crippen molar-refractivity contribution in [2.75, 3.05) is 44.7 Å². The molecule has 1 unspecified atom stereocenters. The van der Waals surface area contributed by atoms with E-state index in [2.05, 4.69) is 36.9 Å². The predicted octanol–water partition coefficient (Wildman–Crippen LogP) is 3.50. The maximum Gasteiger partial charge on any atom is 0.244 e. The highest BCUT2D eigenvalue weighted by molar-refractivity contribution is 5.56. The van der Waals surface area contributed by atoms with E-state index >= 15 is 0 Å². The average molecular weight is 440 g/mol. The molecule has 0 N–H and O–H groups in total. The number of aromatic nitrogens is 3. The van der Waals surface area contributed by atoms with Gasteiger partial charge in [0.15, 0.2) is 11.6 Å². The molecule has 0 amide bonds. The molecule has 168 valence electrons. The number of halogens is 2. The van der Waals surface area contributed by atoms with Crippen LogP contribution in [0.1, 0.15) is 30.3 Å². The van der Waals surface area contributed by atoms with Crippen molar-refractivity contribution in [1.82, 2.24) is 24.9 Å². The van der Waals surface area contributed by atoms with Gasteiger partial charge in [-0.05, 0) is 56.3 Å². The van der Waals surface area contributed by atoms with Gasteiger partial charge < -0.3 is 14.3 Å². The van der Waals surface area contributed by atoms with Gasteiger partial charge in [0.05, 0.1) is 6.04 Å². The Kier molecular flexibility index (Phi) is 5.84. The molecule has 9 heteroatoms. The van der Waals surface area contributed by atoms with Crippen molar-refractivity contribution in [2.45, 2.75) is 25.4 Å². The highest BCUT2D eigenvalue weighted by Gasteiger charge is 2.31. The number of likely N-dealkylation sites (tertiary alicyclic amines) is 1. The van der Waals surface area contributed by atoms with E-state index in [4.69, 9.17) is 4.52 Å². The summed E-state index contributed by atoms with van der Waals surface area (Å²) < 4.78 is 32.4. The van der Waals surface area contributed by atoms with Crippen LogP contribution in [0.15, 0.2) is 41.1 Å². The highest BCUT2D eigenvalue weighted by Crippen LogP contribution is 2.33. The van der Waals surface area contributed by atoms with Crippen molar-refractivity contribution in [2.24, 2.45) is 0 Å². The second kappa shape index (κ2) is 8.91. The van der Waals surface area contributed by atoms with Gasteiger partial charge in [0.25, 0.3) is 0 Å². The van der Waals surface area contributed by atoms with Crippen LogP contribution in [-0.2, 0) is 6.54 Å². The lowest BCUT2D eigenvalue weighted by atomic mass is 10.1. The van der Waals surface area contributed by atoms with Crippen LogP contribution in [0.5, 0.6) is 0 Å². The molecular weight excluding hydrogens is 414 g/mol. The molecule has 0 saturated carbocycles. The predicted molar refractivity (Wildman–Crippen MR) is 116 cm³/mol. The lowest BCUT2D eigenvalue weighted by molar-refractivity contribution is 0.201. The Hall–Kier alpha value is -2.91. The third kappa shape index (κ3) is 4.35. The molecule has 1 atom stereocenters. The fourth-order valence-corrected chi connectivity index (χ4v) is 4.40. The minimum Gasteiger partial charge on any atom is -0.354 e. The second-order valence-electron chi connectivity index (χ2n) is 8.53. The molecule has 7 nitrogen and oxygen atoms in total. The van der Waals surface area contributed by atoms with Gasteiger partial charge in [-0.3, -0.25) is 4.90 Å². The number of piperazine rings is 1. The monoisotopic (exact) mass is 440 g/mol. The largest absolute Gasteiger partial charge is 0.354 e. The molecule has 5 rings (SSSR count). The minimum absolute atomic E-state index is 0.0399. The topological polar surface area (TPSA) is 61.5 Å². The Morgan fingerprint density at radius 2 is 1.88 bits per heavy atom. The maximum atomic E-state index is 13.6. The van der Waals surface area contributed by atoms with Crippen LogP contribution >= 0.6 is 0 Å². The van der Waals surface area contributed by atoms with Gasteiger partial charge in [-0.1, -0.05) is 11.2 Å². The zero-order valence-electron chi connectivity index (χ0n) is 18.0. The lowest BCUT2D eigenvalue weighted by Crippen LogP contribution is -2.44. The van der Waals surface area contributed by atoms with Gasteiger partial charge >= 0.3 is 0 Å². The Morgan fingerprint density at radius 3 is 2.62 bits per heavy atom. The maximum absolute atomic E-state index is 13.6. The van der Waals surface area contributed by atoms with E-state index in [0.717, 1.165) is 62.5 Å². The summed E-state index contributed by atoms with van der Waals surface area (Å²) in [5.41, 5.74) is 1.53. The Labute approximate surface area is 185 Å². The van der Waals surface area contributed by atoms with Crippen LogP contribution < -0.4 is 4.90 Å². The molecule has 1 aromatic carbocycles. The number of nitrogens with zero attached hydrogens (tertiary/aromatic N) is 6. The average Bonchev–Trinajstić information content (AvgIpc) is 3.47. The van der Waals surface area contributed by atoms with Crippen molar-refractivity contribution >= 4 is 5.82 Å². The standard InChI is InChI=1S/C23H26F2N6O/c1-29-9-11-30(12-10-29)21-7-5-17(14-26-21)22-27-23(32-28-22)20-3-2-8-31(20)15-16-4-6-18(24)19(25)13-16/h4-7,13-14,20H,2-3,8-12,15H2,1H3. The smallest absolute Gasteiger partial charge is 0.244 e. The first kappa shape index (κ1) is 21.0. The molecule has 0 bridgehead atoms. The number of hydrogen-bond donors (Lipinski definition) is 0. The van der Waals surface area contributed by atoms with Crippen LogP contribution in [-0.4, -0.2) is 64.7 Å². The van der Waals surface area contributed by atoms with Crippen molar-refractivity contribution in [3.63, 3.8) is 0 Å². The van der Waals surface area contributed by atoms with Crippen molar-refractivity contribution < 1.29 is 13.3 Å². The minimum atomic E-state index is -0.833. The SMILES string of the molecule is CN1CCN(c2ccc(-c3noc(C4CCCN4Cc4ccc(F)c(F)c4)n3)cn2)CC1. The number of pyridine rings is 1. The van der Waals surface area contributed by atoms with Gasteiger partial charge in [-0.2, -0.15) is 4.98 Å². The quantitative estimate of drug-likeness (QED) is 0.602. The van der Waals surface area contributed by atoms with Crippen molar-refractivity contribution in [1.29, 1.82) is 0 Å². The van der Waals surface area contributed by atoms with E-state index in [-0.39, 0.29) is 6.04 Å². The fourth-order valence-electron chi connectivity index (χ4n) is 4.40. The van der Waals surface area contributed by atoms with Gasteiger partial charge in [0.1, 0.15) is 5.82 Å². The number of likely N-dealkylation sites (N-methyl/N-ethyl adjacent to an activating group) is 1. The zero-order valence-corrected chi connectivity index (χ0v) is 18.0. The summed E-state index contributed by atoms with van der Waals surface area (Å²) in [5, 5.41) is 4.17. The molecule has 2 aliphatic rings. The van der Waals surface area contributed by atoms with Gasteiger partial charge in [-0.25, -0.2) is 13.8 Å². The summed E-state index contributed by atoms with van der Waals surface area (Å²) in [6, 6.07) is 7.96. The van der Waals surface area contributed by atoms with E-state index in [0.29, 0.717) is 18.3 Å². The third-order valence-corrected chi connectivity index (χ3v) is 6.29. The molecule has 2 fully saturated rings. The first-order valence-electron chi connectivity index (χ1n) is 11.0. The van der Waals surface area contributed by atoms with Crippen LogP contribution in [0.25, 0.3) is 11.4 Å². The van der Waals surface area contributed by atoms with E-state index < -0.39 is 11.6 Å². The van der Waals surface area contributed by atoms with Crippen LogP contribution in [0.4, 0.5) is 14.6 Å². The highest BCUT2D eigenvalue weighted by atomic mass is 19.2. The summed E-state index contributed by atoms with van der Waals surface area (Å²) in [6.07, 6.45) is 3.65. The molecule has 2 aromatic heterocycles. The van der Waals surface area contributed by atoms with E-state index in [1.807, 2.05) is 12.1 Å². The molecule has 3 aromatic rings. The summed E-state index contributed by atoms with van der Waals surface area (Å²) in [5.74, 6) is 0.353. The van der Waals surface area contributed by atoms with Crippen molar-refractivity contribution in [3.8, 4) is 11.4 Å². The number of anilines is 1. The molecule has 4 heterocycles. The first-order chi connectivity index (χ1) is 15.6. The van der Waals surface area contributed by atoms with E-state index in [1.54, 1.807) is 12.3 Å². The first-order valence-corrected chi connectivity index (χ1v) is 11.0. The van der Waals surface area contributed by atoms with Gasteiger partial charge in [0, 0.05) is 44.5 Å². The molecular formula is C23H26F2N6O. The molecule has 0 spiro atoms. The lowest BCUT2D eigenvalue weighted by Gasteiger charge is -2.33. The zero-order chi connectivity index (χ0) is 22.1. The fraction of sp³-hybridized carbons (Fsp3) is 0.435. The summed E-state index contributed by atoms with van der Waals surface area (Å²) >= 11 is 0. The molecule has 32 heavy (non-hydrogen) atoms.